The third-order valence-corrected chi connectivity index (χ3v) is 5.44. The van der Waals surface area contributed by atoms with E-state index < -0.39 is 7.12 Å². The van der Waals surface area contributed by atoms with Crippen LogP contribution in [-0.4, -0.2) is 54.6 Å². The summed E-state index contributed by atoms with van der Waals surface area (Å²) in [6, 6.07) is 1.08. The van der Waals surface area contributed by atoms with Gasteiger partial charge in [-0.2, -0.15) is 0 Å². The molecular formula is C17H32BN3O2. The maximum absolute atomic E-state index is 7.69. The van der Waals surface area contributed by atoms with Crippen LogP contribution in [0.1, 0.15) is 54.4 Å². The summed E-state index contributed by atoms with van der Waals surface area (Å²) >= 11 is 0. The number of piperidine rings is 1. The summed E-state index contributed by atoms with van der Waals surface area (Å²) in [7, 11) is -0.472. The number of nitrogens with zero attached hydrogens (tertiary/aromatic N) is 1. The molecule has 0 spiro atoms. The van der Waals surface area contributed by atoms with Crippen molar-refractivity contribution in [2.45, 2.75) is 77.7 Å². The summed E-state index contributed by atoms with van der Waals surface area (Å²) < 4.78 is 12.0. The van der Waals surface area contributed by atoms with Gasteiger partial charge in [0, 0.05) is 36.9 Å². The highest BCUT2D eigenvalue weighted by atomic mass is 16.7. The van der Waals surface area contributed by atoms with Crippen LogP contribution in [0.15, 0.2) is 11.7 Å². The van der Waals surface area contributed by atoms with Crippen LogP contribution in [0.2, 0.25) is 0 Å². The van der Waals surface area contributed by atoms with Gasteiger partial charge < -0.3 is 24.9 Å². The van der Waals surface area contributed by atoms with E-state index in [4.69, 9.17) is 14.7 Å². The van der Waals surface area contributed by atoms with Crippen LogP contribution in [0.5, 0.6) is 0 Å². The van der Waals surface area contributed by atoms with Gasteiger partial charge in [0.05, 0.1) is 11.2 Å². The molecule has 0 amide bonds. The standard InChI is InChI=1S/C17H32BN3O2/c1-13(2)21-9-7-15(8-10-21)20-12-14(11-19)18-22-16(3,4)17(5,6)23-18/h11-13,15,19-20H,7-10H2,1-6H3/b14-12+,19-11?. The maximum Gasteiger partial charge on any atom is 0.497 e. The maximum atomic E-state index is 7.69. The Hall–Kier alpha value is -0.845. The third-order valence-electron chi connectivity index (χ3n) is 5.44. The Morgan fingerprint density at radius 3 is 2.13 bits per heavy atom. The molecule has 2 aliphatic heterocycles. The van der Waals surface area contributed by atoms with Crippen LogP contribution < -0.4 is 5.32 Å². The Kier molecular flexibility index (Phi) is 5.59. The van der Waals surface area contributed by atoms with E-state index in [1.54, 1.807) is 0 Å². The molecule has 23 heavy (non-hydrogen) atoms. The van der Waals surface area contributed by atoms with E-state index in [2.05, 4.69) is 24.1 Å². The largest absolute Gasteiger partial charge is 0.497 e. The smallest absolute Gasteiger partial charge is 0.399 e. The van der Waals surface area contributed by atoms with Gasteiger partial charge in [0.2, 0.25) is 0 Å². The molecule has 0 atom stereocenters. The molecule has 2 heterocycles. The zero-order valence-electron chi connectivity index (χ0n) is 15.5. The summed E-state index contributed by atoms with van der Waals surface area (Å²) in [4.78, 5) is 2.51. The van der Waals surface area contributed by atoms with Crippen molar-refractivity contribution in [2.75, 3.05) is 13.1 Å². The Morgan fingerprint density at radius 1 is 1.17 bits per heavy atom. The summed E-state index contributed by atoms with van der Waals surface area (Å²) in [6.45, 7) is 14.9. The minimum atomic E-state index is -0.472. The molecule has 2 rings (SSSR count). The van der Waals surface area contributed by atoms with Gasteiger partial charge in [0.15, 0.2) is 0 Å². The Bertz CT molecular complexity index is 439. The zero-order valence-corrected chi connectivity index (χ0v) is 15.5. The molecule has 0 unspecified atom stereocenters. The van der Waals surface area contributed by atoms with Crippen molar-refractivity contribution in [2.24, 2.45) is 0 Å². The fourth-order valence-electron chi connectivity index (χ4n) is 2.95. The summed E-state index contributed by atoms with van der Waals surface area (Å²) in [5.41, 5.74) is 0.0000183. The molecule has 0 aromatic carbocycles. The molecule has 0 aromatic heterocycles. The number of hydrogen-bond acceptors (Lipinski definition) is 5. The third kappa shape index (κ3) is 4.17. The first kappa shape index (κ1) is 18.5. The van der Waals surface area contributed by atoms with Gasteiger partial charge in [-0.1, -0.05) is 0 Å². The first-order valence-electron chi connectivity index (χ1n) is 8.72. The van der Waals surface area contributed by atoms with E-state index in [0.717, 1.165) is 31.4 Å². The summed E-state index contributed by atoms with van der Waals surface area (Å²) in [5, 5.41) is 11.2. The van der Waals surface area contributed by atoms with Gasteiger partial charge in [-0.15, -0.1) is 0 Å². The van der Waals surface area contributed by atoms with E-state index in [0.29, 0.717) is 12.1 Å². The van der Waals surface area contributed by atoms with Crippen molar-refractivity contribution in [3.8, 4) is 0 Å². The lowest BCUT2D eigenvalue weighted by Gasteiger charge is -2.34. The van der Waals surface area contributed by atoms with Crippen LogP contribution >= 0.6 is 0 Å². The highest BCUT2D eigenvalue weighted by Gasteiger charge is 2.52. The van der Waals surface area contributed by atoms with Gasteiger partial charge in [0.1, 0.15) is 0 Å². The number of allylic oxidation sites excluding steroid dienone is 1. The molecule has 6 heteroatoms. The molecule has 2 aliphatic rings. The zero-order chi connectivity index (χ0) is 17.3. The molecule has 5 nitrogen and oxygen atoms in total. The topological polar surface area (TPSA) is 57.6 Å². The second-order valence-corrected chi connectivity index (χ2v) is 7.95. The summed E-state index contributed by atoms with van der Waals surface area (Å²) in [6.07, 6.45) is 5.50. The number of likely N-dealkylation sites (tertiary alicyclic amines) is 1. The van der Waals surface area contributed by atoms with E-state index in [9.17, 15) is 0 Å². The van der Waals surface area contributed by atoms with E-state index in [-0.39, 0.29) is 11.2 Å². The lowest BCUT2D eigenvalue weighted by Crippen LogP contribution is -2.44. The second kappa shape index (κ2) is 6.95. The SMILES string of the molecule is CC(C)N1CCC(N/C=C(\C=N)B2OC(C)(C)C(C)(C)O2)CC1. The lowest BCUT2D eigenvalue weighted by atomic mass is 9.79. The molecular weight excluding hydrogens is 289 g/mol. The van der Waals surface area contributed by atoms with E-state index in [1.807, 2.05) is 33.9 Å². The van der Waals surface area contributed by atoms with Crippen LogP contribution in [0.4, 0.5) is 0 Å². The van der Waals surface area contributed by atoms with E-state index >= 15 is 0 Å². The van der Waals surface area contributed by atoms with Crippen LogP contribution in [0.3, 0.4) is 0 Å². The van der Waals surface area contributed by atoms with Gasteiger partial charge >= 0.3 is 7.12 Å². The quantitative estimate of drug-likeness (QED) is 0.604. The van der Waals surface area contributed by atoms with Crippen LogP contribution in [0, 0.1) is 5.41 Å². The minimum Gasteiger partial charge on any atom is -0.399 e. The van der Waals surface area contributed by atoms with Crippen LogP contribution in [-0.2, 0) is 9.31 Å². The first-order chi connectivity index (χ1) is 10.7. The first-order valence-corrected chi connectivity index (χ1v) is 8.72. The molecule has 0 aromatic rings. The van der Waals surface area contributed by atoms with Crippen molar-refractivity contribution in [1.29, 1.82) is 5.41 Å². The summed E-state index contributed by atoms with van der Waals surface area (Å²) in [5.74, 6) is 0. The highest BCUT2D eigenvalue weighted by Crippen LogP contribution is 2.38. The Balaban J connectivity index is 1.92. The number of hydrogen-bond donors (Lipinski definition) is 2. The number of nitrogens with one attached hydrogen (secondary N) is 2. The molecule has 130 valence electrons. The molecule has 0 bridgehead atoms. The fourth-order valence-corrected chi connectivity index (χ4v) is 2.95. The molecule has 0 aliphatic carbocycles. The van der Waals surface area contributed by atoms with Gasteiger partial charge in [-0.05, 0) is 60.6 Å². The van der Waals surface area contributed by atoms with Gasteiger partial charge in [0.25, 0.3) is 0 Å². The van der Waals surface area contributed by atoms with Crippen molar-refractivity contribution < 1.29 is 9.31 Å². The second-order valence-electron chi connectivity index (χ2n) is 7.95. The Labute approximate surface area is 141 Å². The monoisotopic (exact) mass is 321 g/mol. The predicted octanol–water partition coefficient (Wildman–Crippen LogP) is 2.61. The van der Waals surface area contributed by atoms with Gasteiger partial charge in [-0.25, -0.2) is 0 Å². The lowest BCUT2D eigenvalue weighted by molar-refractivity contribution is 0.00578. The molecule has 2 fully saturated rings. The molecule has 0 saturated carbocycles. The molecule has 2 saturated heterocycles. The number of rotatable bonds is 5. The van der Waals surface area contributed by atoms with E-state index in [1.165, 1.54) is 6.21 Å². The van der Waals surface area contributed by atoms with Crippen molar-refractivity contribution in [3.05, 3.63) is 11.7 Å². The molecule has 0 radical (unpaired) electrons. The van der Waals surface area contributed by atoms with Crippen LogP contribution in [0.25, 0.3) is 0 Å². The fraction of sp³-hybridized carbons (Fsp3) is 0.824. The van der Waals surface area contributed by atoms with Crippen molar-refractivity contribution >= 4 is 13.3 Å². The van der Waals surface area contributed by atoms with Gasteiger partial charge in [-0.3, -0.25) is 0 Å². The average Bonchev–Trinajstić information content (AvgIpc) is 2.68. The Morgan fingerprint density at radius 2 is 1.70 bits per heavy atom. The highest BCUT2D eigenvalue weighted by molar-refractivity contribution is 6.60. The molecule has 2 N–H and O–H groups in total. The van der Waals surface area contributed by atoms with Crippen molar-refractivity contribution in [1.82, 2.24) is 10.2 Å². The van der Waals surface area contributed by atoms with Crippen molar-refractivity contribution in [3.63, 3.8) is 0 Å². The average molecular weight is 321 g/mol. The predicted molar refractivity (Wildman–Crippen MR) is 95.8 cm³/mol. The minimum absolute atomic E-state index is 0.373. The normalized spacial score (nSPS) is 25.9.